The first-order valence-corrected chi connectivity index (χ1v) is 10.7. The van der Waals surface area contributed by atoms with Crippen molar-refractivity contribution in [3.05, 3.63) is 75.2 Å². The molecule has 0 fully saturated rings. The summed E-state index contributed by atoms with van der Waals surface area (Å²) in [6, 6.07) is 17.3. The number of methoxy groups -OCH3 is 1. The Bertz CT molecular complexity index is 1040. The first kappa shape index (κ1) is 20.7. The largest absolute Gasteiger partial charge is 0.493 e. The highest BCUT2D eigenvalue weighted by Gasteiger charge is 2.16. The Balaban J connectivity index is 1.54. The molecular weight excluding hydrogens is 470 g/mol. The molecule has 1 aliphatic heterocycles. The van der Waals surface area contributed by atoms with Crippen molar-refractivity contribution in [2.45, 2.75) is 13.2 Å². The van der Waals surface area contributed by atoms with Crippen LogP contribution in [0.5, 0.6) is 23.0 Å². The fourth-order valence-electron chi connectivity index (χ4n) is 3.19. The summed E-state index contributed by atoms with van der Waals surface area (Å²) in [5, 5.41) is 4.11. The van der Waals surface area contributed by atoms with Gasteiger partial charge in [0.15, 0.2) is 23.0 Å². The van der Waals surface area contributed by atoms with Crippen LogP contribution in [0.3, 0.4) is 0 Å². The third kappa shape index (κ3) is 4.77. The van der Waals surface area contributed by atoms with Gasteiger partial charge in [-0.2, -0.15) is 0 Å². The Labute approximate surface area is 189 Å². The summed E-state index contributed by atoms with van der Waals surface area (Å²) in [4.78, 5) is 0. The number of fused-ring (bicyclic) bond motifs is 1. The number of halogens is 2. The number of anilines is 1. The van der Waals surface area contributed by atoms with Crippen LogP contribution in [0.4, 0.5) is 5.69 Å². The summed E-state index contributed by atoms with van der Waals surface area (Å²) in [5.41, 5.74) is 2.86. The van der Waals surface area contributed by atoms with E-state index >= 15 is 0 Å². The van der Waals surface area contributed by atoms with Gasteiger partial charge in [-0.25, -0.2) is 0 Å². The van der Waals surface area contributed by atoms with E-state index < -0.39 is 0 Å². The average Bonchev–Trinajstić information content (AvgIpc) is 2.77. The predicted octanol–water partition coefficient (Wildman–Crippen LogP) is 6.07. The number of rotatable bonds is 7. The van der Waals surface area contributed by atoms with Gasteiger partial charge in [-0.15, -0.1) is 0 Å². The van der Waals surface area contributed by atoms with Crippen LogP contribution in [0.2, 0.25) is 5.02 Å². The molecule has 0 amide bonds. The number of ether oxygens (including phenoxy) is 4. The number of hydrogen-bond acceptors (Lipinski definition) is 5. The standard InChI is InChI=1S/C23H21BrClNO4/c1-27-21-8-6-19(24)18(23(21)30-14-15-3-2-4-16(25)11-15)13-26-17-5-7-20-22(12-17)29-10-9-28-20/h2-8,11-12,26H,9-10,13-14H2,1H3. The molecule has 0 unspecified atom stereocenters. The Morgan fingerprint density at radius 2 is 1.87 bits per heavy atom. The molecule has 0 aromatic heterocycles. The lowest BCUT2D eigenvalue weighted by Crippen LogP contribution is -2.15. The smallest absolute Gasteiger partial charge is 0.167 e. The third-order valence-corrected chi connectivity index (χ3v) is 5.65. The molecule has 1 N–H and O–H groups in total. The molecule has 3 aromatic rings. The predicted molar refractivity (Wildman–Crippen MR) is 121 cm³/mol. The van der Waals surface area contributed by atoms with Gasteiger partial charge >= 0.3 is 0 Å². The van der Waals surface area contributed by atoms with E-state index in [0.717, 1.165) is 32.8 Å². The van der Waals surface area contributed by atoms with Gasteiger partial charge in [0.2, 0.25) is 0 Å². The van der Waals surface area contributed by atoms with Gasteiger partial charge in [-0.3, -0.25) is 0 Å². The molecule has 156 valence electrons. The highest BCUT2D eigenvalue weighted by Crippen LogP contribution is 2.38. The SMILES string of the molecule is COc1ccc(Br)c(CNc2ccc3c(c2)OCCO3)c1OCc1cccc(Cl)c1. The zero-order chi connectivity index (χ0) is 20.9. The molecule has 3 aromatic carbocycles. The summed E-state index contributed by atoms with van der Waals surface area (Å²) < 4.78 is 23.9. The van der Waals surface area contributed by atoms with Crippen molar-refractivity contribution in [1.29, 1.82) is 0 Å². The number of benzene rings is 3. The fourth-order valence-corrected chi connectivity index (χ4v) is 3.86. The molecule has 4 rings (SSSR count). The monoisotopic (exact) mass is 489 g/mol. The van der Waals surface area contributed by atoms with Gasteiger partial charge in [-0.1, -0.05) is 39.7 Å². The van der Waals surface area contributed by atoms with E-state index in [4.69, 9.17) is 30.5 Å². The van der Waals surface area contributed by atoms with Gasteiger partial charge in [0, 0.05) is 33.4 Å². The molecule has 0 spiro atoms. The Morgan fingerprint density at radius 3 is 2.67 bits per heavy atom. The maximum absolute atomic E-state index is 6.16. The molecule has 0 aliphatic carbocycles. The molecule has 0 bridgehead atoms. The van der Waals surface area contributed by atoms with E-state index in [1.807, 2.05) is 54.6 Å². The van der Waals surface area contributed by atoms with E-state index in [1.165, 1.54) is 0 Å². The van der Waals surface area contributed by atoms with Gasteiger partial charge in [-0.05, 0) is 42.0 Å². The van der Waals surface area contributed by atoms with E-state index in [2.05, 4.69) is 21.2 Å². The molecular formula is C23H21BrClNO4. The topological polar surface area (TPSA) is 49.0 Å². The molecule has 5 nitrogen and oxygen atoms in total. The van der Waals surface area contributed by atoms with Crippen LogP contribution < -0.4 is 24.3 Å². The van der Waals surface area contributed by atoms with Gasteiger partial charge in [0.05, 0.1) is 7.11 Å². The maximum atomic E-state index is 6.16. The summed E-state index contributed by atoms with van der Waals surface area (Å²) in [5.74, 6) is 2.85. The van der Waals surface area contributed by atoms with E-state index in [0.29, 0.717) is 42.9 Å². The first-order chi connectivity index (χ1) is 14.6. The second-order valence-corrected chi connectivity index (χ2v) is 7.98. The molecule has 0 radical (unpaired) electrons. The van der Waals surface area contributed by atoms with Crippen LogP contribution in [0, 0.1) is 0 Å². The van der Waals surface area contributed by atoms with E-state index in [1.54, 1.807) is 7.11 Å². The molecule has 7 heteroatoms. The van der Waals surface area contributed by atoms with E-state index in [-0.39, 0.29) is 0 Å². The zero-order valence-electron chi connectivity index (χ0n) is 16.4. The van der Waals surface area contributed by atoms with Gasteiger partial charge in [0.25, 0.3) is 0 Å². The van der Waals surface area contributed by atoms with Crippen LogP contribution in [0.1, 0.15) is 11.1 Å². The lowest BCUT2D eigenvalue weighted by atomic mass is 10.1. The minimum Gasteiger partial charge on any atom is -0.493 e. The van der Waals surface area contributed by atoms with Crippen LogP contribution in [-0.2, 0) is 13.2 Å². The summed E-state index contributed by atoms with van der Waals surface area (Å²) in [6.45, 7) is 2.04. The quantitative estimate of drug-likeness (QED) is 0.435. The highest BCUT2D eigenvalue weighted by molar-refractivity contribution is 9.10. The zero-order valence-corrected chi connectivity index (χ0v) is 18.8. The second-order valence-electron chi connectivity index (χ2n) is 6.69. The summed E-state index contributed by atoms with van der Waals surface area (Å²) >= 11 is 9.73. The lowest BCUT2D eigenvalue weighted by molar-refractivity contribution is 0.171. The minimum atomic E-state index is 0.379. The Kier molecular flexibility index (Phi) is 6.55. The Morgan fingerprint density at radius 1 is 1.03 bits per heavy atom. The molecule has 0 saturated heterocycles. The first-order valence-electron chi connectivity index (χ1n) is 9.50. The Hall–Kier alpha value is -2.57. The second kappa shape index (κ2) is 9.49. The van der Waals surface area contributed by atoms with Crippen molar-refractivity contribution in [2.75, 3.05) is 25.6 Å². The van der Waals surface area contributed by atoms with Crippen molar-refractivity contribution >= 4 is 33.2 Å². The van der Waals surface area contributed by atoms with Crippen molar-refractivity contribution in [2.24, 2.45) is 0 Å². The lowest BCUT2D eigenvalue weighted by Gasteiger charge is -2.20. The maximum Gasteiger partial charge on any atom is 0.167 e. The van der Waals surface area contributed by atoms with Crippen molar-refractivity contribution in [3.63, 3.8) is 0 Å². The van der Waals surface area contributed by atoms with Crippen LogP contribution in [-0.4, -0.2) is 20.3 Å². The van der Waals surface area contributed by atoms with Gasteiger partial charge in [0.1, 0.15) is 19.8 Å². The van der Waals surface area contributed by atoms with Crippen molar-refractivity contribution in [1.82, 2.24) is 0 Å². The number of hydrogen-bond donors (Lipinski definition) is 1. The van der Waals surface area contributed by atoms with E-state index in [9.17, 15) is 0 Å². The molecule has 1 heterocycles. The minimum absolute atomic E-state index is 0.379. The molecule has 0 saturated carbocycles. The molecule has 1 aliphatic rings. The summed E-state index contributed by atoms with van der Waals surface area (Å²) in [6.07, 6.45) is 0. The van der Waals surface area contributed by atoms with Crippen molar-refractivity contribution in [3.8, 4) is 23.0 Å². The highest BCUT2D eigenvalue weighted by atomic mass is 79.9. The van der Waals surface area contributed by atoms with Crippen LogP contribution in [0.15, 0.2) is 59.1 Å². The average molecular weight is 491 g/mol. The van der Waals surface area contributed by atoms with Crippen LogP contribution in [0.25, 0.3) is 0 Å². The third-order valence-electron chi connectivity index (χ3n) is 4.67. The number of nitrogens with one attached hydrogen (secondary N) is 1. The molecule has 0 atom stereocenters. The van der Waals surface area contributed by atoms with Gasteiger partial charge < -0.3 is 24.3 Å². The fraction of sp³-hybridized carbons (Fsp3) is 0.217. The normalized spacial score (nSPS) is 12.4. The molecule has 30 heavy (non-hydrogen) atoms. The summed E-state index contributed by atoms with van der Waals surface area (Å²) in [7, 11) is 1.63. The van der Waals surface area contributed by atoms with Crippen molar-refractivity contribution < 1.29 is 18.9 Å². The van der Waals surface area contributed by atoms with Crippen LogP contribution >= 0.6 is 27.5 Å².